The summed E-state index contributed by atoms with van der Waals surface area (Å²) in [6.07, 6.45) is 2.22. The van der Waals surface area contributed by atoms with Gasteiger partial charge in [-0.25, -0.2) is 4.98 Å². The number of para-hydroxylation sites is 1. The van der Waals surface area contributed by atoms with Crippen molar-refractivity contribution in [3.63, 3.8) is 0 Å². The van der Waals surface area contributed by atoms with Crippen LogP contribution < -0.4 is 5.56 Å². The molecule has 5 rings (SSSR count). The Kier molecular flexibility index (Phi) is 7.43. The number of carbonyl (C=O) groups excluding carboxylic acids is 1. The van der Waals surface area contributed by atoms with E-state index >= 15 is 0 Å². The molecule has 0 saturated heterocycles. The van der Waals surface area contributed by atoms with E-state index in [0.717, 1.165) is 5.56 Å². The summed E-state index contributed by atoms with van der Waals surface area (Å²) in [6.45, 7) is 4.14. The van der Waals surface area contributed by atoms with Gasteiger partial charge in [-0.15, -0.1) is 0 Å². The van der Waals surface area contributed by atoms with E-state index in [9.17, 15) is 9.59 Å². The van der Waals surface area contributed by atoms with Crippen LogP contribution in [-0.4, -0.2) is 20.4 Å². The molecular weight excluding hydrogens is 498 g/mol. The average Bonchev–Trinajstić information content (AvgIpc) is 3.46. The summed E-state index contributed by atoms with van der Waals surface area (Å²) in [5.41, 5.74) is 1.93. The second kappa shape index (κ2) is 11.1. The van der Waals surface area contributed by atoms with Gasteiger partial charge in [0, 0.05) is 5.02 Å². The second-order valence-corrected chi connectivity index (χ2v) is 9.63. The quantitative estimate of drug-likeness (QED) is 0.220. The molecule has 7 heteroatoms. The number of aromatic nitrogens is 2. The van der Waals surface area contributed by atoms with Gasteiger partial charge < -0.3 is 9.32 Å². The number of hydrogen-bond donors (Lipinski definition) is 0. The third-order valence-corrected chi connectivity index (χ3v) is 7.08. The van der Waals surface area contributed by atoms with E-state index in [1.165, 1.54) is 0 Å². The first-order valence-corrected chi connectivity index (χ1v) is 13.0. The zero-order valence-corrected chi connectivity index (χ0v) is 22.0. The Morgan fingerprint density at radius 2 is 1.68 bits per heavy atom. The van der Waals surface area contributed by atoms with Crippen LogP contribution in [0.4, 0.5) is 0 Å². The molecule has 0 aliphatic carbocycles. The molecule has 38 heavy (non-hydrogen) atoms. The van der Waals surface area contributed by atoms with Crippen molar-refractivity contribution in [1.82, 2.24) is 14.5 Å². The van der Waals surface area contributed by atoms with Gasteiger partial charge in [-0.05, 0) is 67.4 Å². The molecule has 6 nitrogen and oxygen atoms in total. The minimum Gasteiger partial charge on any atom is -0.467 e. The number of benzene rings is 3. The van der Waals surface area contributed by atoms with Crippen molar-refractivity contribution in [3.8, 4) is 5.69 Å². The van der Waals surface area contributed by atoms with E-state index in [2.05, 4.69) is 0 Å². The minimum atomic E-state index is -0.557. The first kappa shape index (κ1) is 25.5. The SMILES string of the molecule is CCC(C(=O)N(Cc1ccco1)C(C)c1nc2ccccc2c(=O)n1-c1ccc(Cl)cc1)c1ccccc1. The highest BCUT2D eigenvalue weighted by molar-refractivity contribution is 6.30. The van der Waals surface area contributed by atoms with Crippen LogP contribution in [0.3, 0.4) is 0 Å². The van der Waals surface area contributed by atoms with Gasteiger partial charge in [-0.3, -0.25) is 14.2 Å². The van der Waals surface area contributed by atoms with Gasteiger partial charge in [0.15, 0.2) is 0 Å². The van der Waals surface area contributed by atoms with Gasteiger partial charge in [0.1, 0.15) is 11.6 Å². The summed E-state index contributed by atoms with van der Waals surface area (Å²) >= 11 is 6.15. The summed E-state index contributed by atoms with van der Waals surface area (Å²) in [5.74, 6) is 0.686. The zero-order valence-electron chi connectivity index (χ0n) is 21.3. The molecular formula is C31H28ClN3O3. The molecule has 3 aromatic carbocycles. The van der Waals surface area contributed by atoms with Crippen molar-refractivity contribution in [3.05, 3.63) is 130 Å². The van der Waals surface area contributed by atoms with Gasteiger partial charge in [0.05, 0.1) is 41.4 Å². The number of amides is 1. The summed E-state index contributed by atoms with van der Waals surface area (Å²) in [4.78, 5) is 34.7. The van der Waals surface area contributed by atoms with Crippen molar-refractivity contribution < 1.29 is 9.21 Å². The van der Waals surface area contributed by atoms with Gasteiger partial charge >= 0.3 is 0 Å². The Morgan fingerprint density at radius 1 is 0.974 bits per heavy atom. The van der Waals surface area contributed by atoms with Crippen molar-refractivity contribution in [1.29, 1.82) is 0 Å². The smallest absolute Gasteiger partial charge is 0.266 e. The lowest BCUT2D eigenvalue weighted by Crippen LogP contribution is -2.39. The molecule has 2 atom stereocenters. The molecule has 2 aromatic heterocycles. The summed E-state index contributed by atoms with van der Waals surface area (Å²) < 4.78 is 7.22. The summed E-state index contributed by atoms with van der Waals surface area (Å²) in [6, 6.07) is 27.1. The van der Waals surface area contributed by atoms with Crippen LogP contribution in [0.2, 0.25) is 5.02 Å². The molecule has 0 aliphatic rings. The molecule has 2 unspecified atom stereocenters. The topological polar surface area (TPSA) is 68.3 Å². The Bertz CT molecular complexity index is 1600. The lowest BCUT2D eigenvalue weighted by Gasteiger charge is -2.32. The largest absolute Gasteiger partial charge is 0.467 e. The third kappa shape index (κ3) is 5.00. The fourth-order valence-corrected chi connectivity index (χ4v) is 4.95. The van der Waals surface area contributed by atoms with Crippen molar-refractivity contribution >= 4 is 28.4 Å². The molecule has 192 valence electrons. The lowest BCUT2D eigenvalue weighted by atomic mass is 9.94. The Balaban J connectivity index is 1.68. The van der Waals surface area contributed by atoms with Gasteiger partial charge in [0.2, 0.25) is 5.91 Å². The van der Waals surface area contributed by atoms with Crippen LogP contribution in [0.15, 0.2) is 106 Å². The van der Waals surface area contributed by atoms with Crippen LogP contribution in [0.1, 0.15) is 49.4 Å². The predicted molar refractivity (Wildman–Crippen MR) is 149 cm³/mol. The Hall–Kier alpha value is -4.16. The molecule has 0 aliphatic heterocycles. The van der Waals surface area contributed by atoms with E-state index in [-0.39, 0.29) is 23.9 Å². The molecule has 5 aromatic rings. The van der Waals surface area contributed by atoms with Gasteiger partial charge in [-0.2, -0.15) is 0 Å². The predicted octanol–water partition coefficient (Wildman–Crippen LogP) is 6.92. The second-order valence-electron chi connectivity index (χ2n) is 9.20. The van der Waals surface area contributed by atoms with Crippen LogP contribution in [0, 0.1) is 0 Å². The lowest BCUT2D eigenvalue weighted by molar-refractivity contribution is -0.136. The molecule has 0 fully saturated rings. The summed E-state index contributed by atoms with van der Waals surface area (Å²) in [7, 11) is 0. The molecule has 0 spiro atoms. The van der Waals surface area contributed by atoms with Gasteiger partial charge in [0.25, 0.3) is 5.56 Å². The van der Waals surface area contributed by atoms with Crippen molar-refractivity contribution in [2.75, 3.05) is 0 Å². The molecule has 2 heterocycles. The standard InChI is InChI=1S/C31H28ClN3O3/c1-3-26(22-10-5-4-6-11-22)30(36)34(20-25-12-9-19-38-25)21(2)29-33-28-14-8-7-13-27(28)31(37)35(29)24-17-15-23(32)16-18-24/h4-19,21,26H,3,20H2,1-2H3. The number of rotatable bonds is 8. The number of hydrogen-bond acceptors (Lipinski definition) is 4. The fourth-order valence-electron chi connectivity index (χ4n) is 4.82. The molecule has 1 amide bonds. The van der Waals surface area contributed by atoms with E-state index < -0.39 is 6.04 Å². The van der Waals surface area contributed by atoms with Crippen LogP contribution in [0.5, 0.6) is 0 Å². The normalized spacial score (nSPS) is 12.8. The molecule has 0 bridgehead atoms. The maximum atomic E-state index is 14.2. The summed E-state index contributed by atoms with van der Waals surface area (Å²) in [5, 5.41) is 1.06. The maximum Gasteiger partial charge on any atom is 0.266 e. The van der Waals surface area contributed by atoms with Gasteiger partial charge in [-0.1, -0.05) is 61.0 Å². The highest BCUT2D eigenvalue weighted by Gasteiger charge is 2.32. The van der Waals surface area contributed by atoms with Crippen LogP contribution in [0.25, 0.3) is 16.6 Å². The number of fused-ring (bicyclic) bond motifs is 1. The van der Waals surface area contributed by atoms with E-state index in [0.29, 0.717) is 39.6 Å². The zero-order chi connectivity index (χ0) is 26.6. The first-order chi connectivity index (χ1) is 18.5. The van der Waals surface area contributed by atoms with Crippen LogP contribution in [-0.2, 0) is 11.3 Å². The van der Waals surface area contributed by atoms with Crippen molar-refractivity contribution in [2.24, 2.45) is 0 Å². The Morgan fingerprint density at radius 3 is 2.37 bits per heavy atom. The monoisotopic (exact) mass is 525 g/mol. The fraction of sp³-hybridized carbons (Fsp3) is 0.194. The highest BCUT2D eigenvalue weighted by Crippen LogP contribution is 2.30. The first-order valence-electron chi connectivity index (χ1n) is 12.6. The highest BCUT2D eigenvalue weighted by atomic mass is 35.5. The molecule has 0 saturated carbocycles. The number of halogens is 1. The Labute approximate surface area is 226 Å². The number of nitrogens with zero attached hydrogens (tertiary/aromatic N) is 3. The third-order valence-electron chi connectivity index (χ3n) is 6.83. The number of furan rings is 1. The van der Waals surface area contributed by atoms with E-state index in [4.69, 9.17) is 21.0 Å². The molecule has 0 radical (unpaired) electrons. The minimum absolute atomic E-state index is 0.0623. The average molecular weight is 526 g/mol. The number of carbonyl (C=O) groups is 1. The maximum absolute atomic E-state index is 14.2. The van der Waals surface area contributed by atoms with Crippen LogP contribution >= 0.6 is 11.6 Å². The van der Waals surface area contributed by atoms with Crippen molar-refractivity contribution in [2.45, 2.75) is 38.8 Å². The molecule has 0 N–H and O–H groups in total. The van der Waals surface area contributed by atoms with E-state index in [1.54, 1.807) is 52.1 Å². The van der Waals surface area contributed by atoms with E-state index in [1.807, 2.05) is 68.4 Å².